The Morgan fingerprint density at radius 3 is 3.00 bits per heavy atom. The Hall–Kier alpha value is -1.76. The van der Waals surface area contributed by atoms with Crippen LogP contribution in [0.5, 0.6) is 5.88 Å². The number of nitrogens with zero attached hydrogens (tertiary/aromatic N) is 1. The zero-order valence-corrected chi connectivity index (χ0v) is 10.9. The van der Waals surface area contributed by atoms with Crippen LogP contribution in [0.4, 0.5) is 8.78 Å². The smallest absolute Gasteiger partial charge is 0.272 e. The van der Waals surface area contributed by atoms with Gasteiger partial charge in [0, 0.05) is 25.4 Å². The first kappa shape index (κ1) is 14.6. The molecule has 1 amide bonds. The first-order valence-corrected chi connectivity index (χ1v) is 6.42. The maximum atomic E-state index is 11.9. The third-order valence-electron chi connectivity index (χ3n) is 2.87. The summed E-state index contributed by atoms with van der Waals surface area (Å²) in [5, 5.41) is 2.75. The summed E-state index contributed by atoms with van der Waals surface area (Å²) in [6.07, 6.45) is 0.773. The summed E-state index contributed by atoms with van der Waals surface area (Å²) < 4.78 is 34.0. The average Bonchev–Trinajstić information content (AvgIpc) is 2.96. The van der Waals surface area contributed by atoms with Gasteiger partial charge in [0.05, 0.1) is 11.7 Å². The van der Waals surface area contributed by atoms with E-state index < -0.39 is 13.0 Å². The van der Waals surface area contributed by atoms with E-state index in [-0.39, 0.29) is 17.9 Å². The molecule has 0 aromatic carbocycles. The van der Waals surface area contributed by atoms with Crippen LogP contribution in [0.15, 0.2) is 18.3 Å². The highest BCUT2D eigenvalue weighted by Gasteiger charge is 2.16. The summed E-state index contributed by atoms with van der Waals surface area (Å²) in [6.45, 7) is 0.484. The van der Waals surface area contributed by atoms with E-state index in [2.05, 4.69) is 10.3 Å². The van der Waals surface area contributed by atoms with Crippen molar-refractivity contribution in [1.29, 1.82) is 0 Å². The number of hydrogen-bond donors (Lipinski definition) is 1. The van der Waals surface area contributed by atoms with E-state index in [1.807, 2.05) is 0 Å². The van der Waals surface area contributed by atoms with Crippen molar-refractivity contribution in [3.63, 3.8) is 0 Å². The van der Waals surface area contributed by atoms with Gasteiger partial charge in [-0.15, -0.1) is 0 Å². The molecule has 1 atom stereocenters. The minimum atomic E-state index is -2.55. The number of carbonyl (C=O) groups excluding carboxylic acids is 1. The molecule has 1 unspecified atom stereocenters. The van der Waals surface area contributed by atoms with Crippen LogP contribution < -0.4 is 10.1 Å². The Morgan fingerprint density at radius 1 is 1.55 bits per heavy atom. The molecule has 1 aliphatic rings. The molecule has 0 saturated carbocycles. The van der Waals surface area contributed by atoms with Crippen LogP contribution in [0, 0.1) is 0 Å². The van der Waals surface area contributed by atoms with Gasteiger partial charge in [-0.1, -0.05) is 0 Å². The van der Waals surface area contributed by atoms with Gasteiger partial charge in [0.2, 0.25) is 5.88 Å². The molecule has 2 heterocycles. The van der Waals surface area contributed by atoms with Gasteiger partial charge >= 0.3 is 0 Å². The van der Waals surface area contributed by atoms with Gasteiger partial charge in [0.25, 0.3) is 12.3 Å². The zero-order chi connectivity index (χ0) is 14.4. The molecule has 5 nitrogen and oxygen atoms in total. The topological polar surface area (TPSA) is 60.5 Å². The van der Waals surface area contributed by atoms with E-state index in [1.165, 1.54) is 18.3 Å². The van der Waals surface area contributed by atoms with E-state index in [1.54, 1.807) is 0 Å². The second-order valence-corrected chi connectivity index (χ2v) is 4.43. The lowest BCUT2D eigenvalue weighted by Crippen LogP contribution is -2.31. The molecule has 0 bridgehead atoms. The fraction of sp³-hybridized carbons (Fsp3) is 0.538. The molecule has 1 aromatic heterocycles. The Bertz CT molecular complexity index is 434. The molecule has 110 valence electrons. The number of pyridine rings is 1. The van der Waals surface area contributed by atoms with Crippen molar-refractivity contribution in [2.45, 2.75) is 25.4 Å². The standard InChI is InChI=1S/C13H16F2N2O3/c14-11(15)8-20-12-4-3-9(6-16-12)13(18)17-7-10-2-1-5-19-10/h3-4,6,10-11H,1-2,5,7-8H2,(H,17,18). The van der Waals surface area contributed by atoms with Gasteiger partial charge in [-0.25, -0.2) is 13.8 Å². The third kappa shape index (κ3) is 4.41. The number of ether oxygens (including phenoxy) is 2. The second-order valence-electron chi connectivity index (χ2n) is 4.43. The monoisotopic (exact) mass is 286 g/mol. The molecule has 7 heteroatoms. The number of nitrogens with one attached hydrogen (secondary N) is 1. The lowest BCUT2D eigenvalue weighted by atomic mass is 10.2. The van der Waals surface area contributed by atoms with E-state index >= 15 is 0 Å². The van der Waals surface area contributed by atoms with Crippen LogP contribution in [0.2, 0.25) is 0 Å². The van der Waals surface area contributed by atoms with Gasteiger partial charge in [-0.3, -0.25) is 4.79 Å². The van der Waals surface area contributed by atoms with Crippen molar-refractivity contribution in [3.05, 3.63) is 23.9 Å². The third-order valence-corrected chi connectivity index (χ3v) is 2.87. The minimum absolute atomic E-state index is 0.0700. The van der Waals surface area contributed by atoms with Gasteiger partial charge in [-0.2, -0.15) is 0 Å². The fourth-order valence-electron chi connectivity index (χ4n) is 1.86. The highest BCUT2D eigenvalue weighted by atomic mass is 19.3. The van der Waals surface area contributed by atoms with Crippen LogP contribution in [-0.2, 0) is 4.74 Å². The number of alkyl halides is 2. The van der Waals surface area contributed by atoms with Crippen molar-refractivity contribution in [2.24, 2.45) is 0 Å². The molecule has 1 saturated heterocycles. The van der Waals surface area contributed by atoms with E-state index in [0.717, 1.165) is 19.4 Å². The predicted octanol–water partition coefficient (Wildman–Crippen LogP) is 1.63. The van der Waals surface area contributed by atoms with Gasteiger partial charge in [0.15, 0.2) is 6.61 Å². The number of aromatic nitrogens is 1. The van der Waals surface area contributed by atoms with Crippen molar-refractivity contribution in [3.8, 4) is 5.88 Å². The lowest BCUT2D eigenvalue weighted by Gasteiger charge is -2.10. The zero-order valence-electron chi connectivity index (χ0n) is 10.9. The molecule has 0 aliphatic carbocycles. The van der Waals surface area contributed by atoms with Gasteiger partial charge in [0.1, 0.15) is 0 Å². The van der Waals surface area contributed by atoms with Crippen LogP contribution in [0.25, 0.3) is 0 Å². The normalized spacial score (nSPS) is 18.2. The molecule has 0 radical (unpaired) electrons. The first-order valence-electron chi connectivity index (χ1n) is 6.42. The van der Waals surface area contributed by atoms with Gasteiger partial charge < -0.3 is 14.8 Å². The van der Waals surface area contributed by atoms with Crippen LogP contribution >= 0.6 is 0 Å². The average molecular weight is 286 g/mol. The highest BCUT2D eigenvalue weighted by Crippen LogP contribution is 2.12. The minimum Gasteiger partial charge on any atom is -0.472 e. The van der Waals surface area contributed by atoms with Crippen LogP contribution in [0.3, 0.4) is 0 Å². The van der Waals surface area contributed by atoms with Crippen molar-refractivity contribution >= 4 is 5.91 Å². The van der Waals surface area contributed by atoms with Crippen molar-refractivity contribution in [2.75, 3.05) is 19.8 Å². The van der Waals surface area contributed by atoms with Crippen LogP contribution in [0.1, 0.15) is 23.2 Å². The lowest BCUT2D eigenvalue weighted by molar-refractivity contribution is 0.0793. The maximum absolute atomic E-state index is 11.9. The number of halogens is 2. The number of rotatable bonds is 6. The summed E-state index contributed by atoms with van der Waals surface area (Å²) in [5.41, 5.74) is 0.354. The summed E-state index contributed by atoms with van der Waals surface area (Å²) in [6, 6.07) is 2.88. The van der Waals surface area contributed by atoms with E-state index in [9.17, 15) is 13.6 Å². The van der Waals surface area contributed by atoms with Crippen molar-refractivity contribution in [1.82, 2.24) is 10.3 Å². The second kappa shape index (κ2) is 7.14. The maximum Gasteiger partial charge on any atom is 0.272 e. The molecule has 1 aromatic rings. The van der Waals surface area contributed by atoms with E-state index in [4.69, 9.17) is 9.47 Å². The molecule has 1 N–H and O–H groups in total. The summed E-state index contributed by atoms with van der Waals surface area (Å²) >= 11 is 0. The Morgan fingerprint density at radius 2 is 2.40 bits per heavy atom. The molecular formula is C13H16F2N2O3. The molecule has 0 spiro atoms. The van der Waals surface area contributed by atoms with Crippen LogP contribution in [-0.4, -0.2) is 43.2 Å². The number of carbonyl (C=O) groups is 1. The van der Waals surface area contributed by atoms with E-state index in [0.29, 0.717) is 12.1 Å². The Labute approximate surface area is 115 Å². The molecule has 20 heavy (non-hydrogen) atoms. The summed E-state index contributed by atoms with van der Waals surface area (Å²) in [4.78, 5) is 15.6. The molecule has 1 fully saturated rings. The quantitative estimate of drug-likeness (QED) is 0.863. The first-order chi connectivity index (χ1) is 9.65. The SMILES string of the molecule is O=C(NCC1CCCO1)c1ccc(OCC(F)F)nc1. The fourth-order valence-corrected chi connectivity index (χ4v) is 1.86. The summed E-state index contributed by atoms with van der Waals surface area (Å²) in [7, 11) is 0. The molecule has 1 aliphatic heterocycles. The number of amides is 1. The predicted molar refractivity (Wildman–Crippen MR) is 67.0 cm³/mol. The Kier molecular flexibility index (Phi) is 5.23. The number of hydrogen-bond acceptors (Lipinski definition) is 4. The molecule has 2 rings (SSSR count). The Balaban J connectivity index is 1.80. The van der Waals surface area contributed by atoms with Crippen molar-refractivity contribution < 1.29 is 23.0 Å². The molecular weight excluding hydrogens is 270 g/mol. The van der Waals surface area contributed by atoms with Gasteiger partial charge in [-0.05, 0) is 18.9 Å². The highest BCUT2D eigenvalue weighted by molar-refractivity contribution is 5.93. The largest absolute Gasteiger partial charge is 0.472 e. The summed E-state index contributed by atoms with van der Waals surface area (Å²) in [5.74, 6) is -0.200.